The first kappa shape index (κ1) is 18.2. The van der Waals surface area contributed by atoms with E-state index in [2.05, 4.69) is 6.58 Å². The van der Waals surface area contributed by atoms with Crippen molar-refractivity contribution in [3.63, 3.8) is 0 Å². The van der Waals surface area contributed by atoms with Gasteiger partial charge in [-0.15, -0.1) is 6.58 Å². The van der Waals surface area contributed by atoms with Crippen molar-refractivity contribution in [2.24, 2.45) is 0 Å². The van der Waals surface area contributed by atoms with Gasteiger partial charge in [-0.3, -0.25) is 13.7 Å². The first-order valence-electron chi connectivity index (χ1n) is 4.48. The quantitative estimate of drug-likeness (QED) is 0.301. The average Bonchev–Trinajstić information content (AvgIpc) is 1.94. The van der Waals surface area contributed by atoms with E-state index in [4.69, 9.17) is 29.4 Å². The number of hydrogen-bond acceptors (Lipinski definition) is 3. The molecule has 108 valence electrons. The van der Waals surface area contributed by atoms with Gasteiger partial charge in [-0.05, 0) is 19.8 Å². The van der Waals surface area contributed by atoms with Gasteiger partial charge < -0.3 is 29.4 Å². The minimum absolute atomic E-state index is 0.273. The summed E-state index contributed by atoms with van der Waals surface area (Å²) in [5.41, 5.74) is 0.273. The van der Waals surface area contributed by atoms with Crippen LogP contribution in [0.1, 0.15) is 19.8 Å². The molecule has 9 nitrogen and oxygen atoms in total. The summed E-state index contributed by atoms with van der Waals surface area (Å²) in [6.45, 7) is 4.74. The Labute approximate surface area is 103 Å². The Kier molecular flexibility index (Phi) is 5.34. The summed E-state index contributed by atoms with van der Waals surface area (Å²) < 4.78 is 30.0. The standard InChI is InChI=1S/C6H15O9P3/c1-5(2)3-4-6(16(7,8)9,17(10,11)12)18(13,14)15/h1,3-4H2,2H3,(H2,7,8,9)(H2,10,11,12)(H2,13,14,15). The van der Waals surface area contributed by atoms with Crippen LogP contribution in [0.2, 0.25) is 0 Å². The van der Waals surface area contributed by atoms with E-state index in [9.17, 15) is 13.7 Å². The van der Waals surface area contributed by atoms with Crippen LogP contribution in [0, 0.1) is 0 Å². The molecule has 0 bridgehead atoms. The van der Waals surface area contributed by atoms with Crippen LogP contribution in [-0.4, -0.2) is 34.0 Å². The second kappa shape index (κ2) is 5.29. The van der Waals surface area contributed by atoms with Gasteiger partial charge in [-0.25, -0.2) is 0 Å². The SMILES string of the molecule is C=C(C)CCC(P(=O)(O)O)(P(=O)(O)O)P(=O)(O)O. The molecule has 0 aliphatic carbocycles. The van der Waals surface area contributed by atoms with Crippen LogP contribution < -0.4 is 0 Å². The Morgan fingerprint density at radius 3 is 1.39 bits per heavy atom. The van der Waals surface area contributed by atoms with Crippen LogP contribution in [0.15, 0.2) is 12.2 Å². The molecule has 0 saturated carbocycles. The lowest BCUT2D eigenvalue weighted by molar-refractivity contribution is 0.295. The van der Waals surface area contributed by atoms with Gasteiger partial charge in [-0.1, -0.05) is 5.57 Å². The van der Waals surface area contributed by atoms with Crippen molar-refractivity contribution in [2.45, 2.75) is 24.4 Å². The molecule has 12 heteroatoms. The van der Waals surface area contributed by atoms with Gasteiger partial charge in [0.25, 0.3) is 4.64 Å². The van der Waals surface area contributed by atoms with Crippen molar-refractivity contribution >= 4 is 22.8 Å². The Morgan fingerprint density at radius 1 is 0.944 bits per heavy atom. The van der Waals surface area contributed by atoms with Crippen molar-refractivity contribution in [3.8, 4) is 0 Å². The molecule has 0 atom stereocenters. The summed E-state index contributed by atoms with van der Waals surface area (Å²) in [7, 11) is -17.3. The molecular formula is C6H15O9P3. The molecule has 0 saturated heterocycles. The zero-order chi connectivity index (χ0) is 15.0. The van der Waals surface area contributed by atoms with Crippen LogP contribution in [0.4, 0.5) is 0 Å². The molecule has 18 heavy (non-hydrogen) atoms. The van der Waals surface area contributed by atoms with E-state index in [1.807, 2.05) is 0 Å². The van der Waals surface area contributed by atoms with Crippen LogP contribution in [0.3, 0.4) is 0 Å². The molecule has 0 aromatic rings. The second-order valence-electron chi connectivity index (χ2n) is 3.86. The maximum Gasteiger partial charge on any atom is 0.356 e. The topological polar surface area (TPSA) is 173 Å². The number of rotatable bonds is 6. The van der Waals surface area contributed by atoms with Gasteiger partial charge in [0.2, 0.25) is 0 Å². The molecule has 0 aliphatic rings. The van der Waals surface area contributed by atoms with Crippen LogP contribution in [0.5, 0.6) is 0 Å². The summed E-state index contributed by atoms with van der Waals surface area (Å²) in [6.07, 6.45) is -1.41. The first-order chi connectivity index (χ1) is 7.67. The van der Waals surface area contributed by atoms with Gasteiger partial charge in [0, 0.05) is 0 Å². The zero-order valence-electron chi connectivity index (χ0n) is 9.37. The van der Waals surface area contributed by atoms with E-state index in [1.165, 1.54) is 6.92 Å². The summed E-state index contributed by atoms with van der Waals surface area (Å²) in [5, 5.41) is 0. The molecule has 6 N–H and O–H groups in total. The summed E-state index contributed by atoms with van der Waals surface area (Å²) >= 11 is 0. The summed E-state index contributed by atoms with van der Waals surface area (Å²) in [4.78, 5) is 54.1. The molecule has 0 aromatic carbocycles. The average molecular weight is 324 g/mol. The highest BCUT2D eigenvalue weighted by Gasteiger charge is 2.71. The normalized spacial score (nSPS) is 14.6. The Morgan fingerprint density at radius 2 is 1.22 bits per heavy atom. The van der Waals surface area contributed by atoms with Gasteiger partial charge >= 0.3 is 22.8 Å². The van der Waals surface area contributed by atoms with Crippen LogP contribution in [-0.2, 0) is 13.7 Å². The number of allylic oxidation sites excluding steroid dienone is 1. The Bertz CT molecular complexity index is 410. The van der Waals surface area contributed by atoms with E-state index >= 15 is 0 Å². The summed E-state index contributed by atoms with van der Waals surface area (Å²) in [6, 6.07) is 0. The van der Waals surface area contributed by atoms with E-state index in [0.717, 1.165) is 0 Å². The molecule has 0 amide bonds. The van der Waals surface area contributed by atoms with Crippen molar-refractivity contribution in [3.05, 3.63) is 12.2 Å². The lowest BCUT2D eigenvalue weighted by Crippen LogP contribution is -2.29. The Balaban J connectivity index is 6.10. The van der Waals surface area contributed by atoms with E-state index in [0.29, 0.717) is 0 Å². The van der Waals surface area contributed by atoms with Crippen molar-refractivity contribution in [1.82, 2.24) is 0 Å². The van der Waals surface area contributed by atoms with Gasteiger partial charge in [0.05, 0.1) is 0 Å². The van der Waals surface area contributed by atoms with Crippen molar-refractivity contribution < 1.29 is 43.1 Å². The fourth-order valence-corrected chi connectivity index (χ4v) is 6.61. The summed E-state index contributed by atoms with van der Waals surface area (Å²) in [5.74, 6) is 0. The smallest absolute Gasteiger partial charge is 0.323 e. The molecule has 0 aliphatic heterocycles. The molecule has 0 unspecified atom stereocenters. The third kappa shape index (κ3) is 3.39. The fourth-order valence-electron chi connectivity index (χ4n) is 1.33. The second-order valence-corrected chi connectivity index (χ2v) is 10.5. The predicted octanol–water partition coefficient (Wildman–Crippen LogP) is 0.530. The van der Waals surface area contributed by atoms with Gasteiger partial charge in [0.15, 0.2) is 0 Å². The third-order valence-electron chi connectivity index (χ3n) is 2.29. The Hall–Kier alpha value is 0.190. The monoisotopic (exact) mass is 324 g/mol. The minimum Gasteiger partial charge on any atom is -0.323 e. The fraction of sp³-hybridized carbons (Fsp3) is 0.667. The molecule has 0 spiro atoms. The lowest BCUT2D eigenvalue weighted by Gasteiger charge is -2.34. The largest absolute Gasteiger partial charge is 0.356 e. The van der Waals surface area contributed by atoms with Crippen molar-refractivity contribution in [2.75, 3.05) is 0 Å². The van der Waals surface area contributed by atoms with Crippen LogP contribution >= 0.6 is 22.8 Å². The number of hydrogen-bond donors (Lipinski definition) is 6. The maximum absolute atomic E-state index is 11.2. The van der Waals surface area contributed by atoms with Gasteiger partial charge in [0.1, 0.15) is 0 Å². The highest BCUT2D eigenvalue weighted by Crippen LogP contribution is 2.84. The molecule has 0 aromatic heterocycles. The third-order valence-corrected chi connectivity index (χ3v) is 10.4. The molecular weight excluding hydrogens is 309 g/mol. The maximum atomic E-state index is 11.2. The zero-order valence-corrected chi connectivity index (χ0v) is 12.1. The van der Waals surface area contributed by atoms with E-state index < -0.39 is 33.8 Å². The molecule has 0 radical (unpaired) electrons. The highest BCUT2D eigenvalue weighted by atomic mass is 31.3. The van der Waals surface area contributed by atoms with Crippen molar-refractivity contribution in [1.29, 1.82) is 0 Å². The van der Waals surface area contributed by atoms with Gasteiger partial charge in [-0.2, -0.15) is 0 Å². The highest BCUT2D eigenvalue weighted by molar-refractivity contribution is 7.88. The van der Waals surface area contributed by atoms with Crippen LogP contribution in [0.25, 0.3) is 0 Å². The molecule has 0 heterocycles. The molecule has 0 fully saturated rings. The minimum atomic E-state index is -5.77. The predicted molar refractivity (Wildman–Crippen MR) is 62.9 cm³/mol. The first-order valence-corrected chi connectivity index (χ1v) is 9.32. The lowest BCUT2D eigenvalue weighted by atomic mass is 10.2. The van der Waals surface area contributed by atoms with E-state index in [-0.39, 0.29) is 12.0 Å². The molecule has 0 rings (SSSR count). The van der Waals surface area contributed by atoms with E-state index in [1.54, 1.807) is 0 Å².